The van der Waals surface area contributed by atoms with Crippen molar-refractivity contribution < 1.29 is 14.0 Å². The molecule has 0 fully saturated rings. The van der Waals surface area contributed by atoms with Gasteiger partial charge in [0.25, 0.3) is 0 Å². The first-order chi connectivity index (χ1) is 8.04. The van der Waals surface area contributed by atoms with E-state index in [1.165, 1.54) is 25.1 Å². The number of Topliss-reactive ketones (excluding diaryl/α,β-unsaturated/α-hetero) is 1. The van der Waals surface area contributed by atoms with Crippen molar-refractivity contribution >= 4 is 34.4 Å². The van der Waals surface area contributed by atoms with E-state index in [0.717, 1.165) is 4.57 Å². The molecule has 0 aliphatic heterocycles. The summed E-state index contributed by atoms with van der Waals surface area (Å²) in [6.07, 6.45) is 0. The van der Waals surface area contributed by atoms with Crippen LogP contribution in [0.3, 0.4) is 0 Å². The van der Waals surface area contributed by atoms with Gasteiger partial charge in [-0.1, -0.05) is 0 Å². The summed E-state index contributed by atoms with van der Waals surface area (Å²) in [5, 5.41) is 0. The third kappa shape index (κ3) is 1.89. The Hall–Kier alpha value is -1.88. The van der Waals surface area contributed by atoms with E-state index in [1.807, 2.05) is 0 Å². The van der Waals surface area contributed by atoms with E-state index in [-0.39, 0.29) is 17.2 Å². The number of halogens is 1. The molecule has 0 saturated carbocycles. The molecule has 0 spiro atoms. The van der Waals surface area contributed by atoms with Crippen molar-refractivity contribution in [1.29, 1.82) is 0 Å². The standard InChI is InChI=1S/C11H8ClNO4/c1-6(14)13-8-3-2-7(9(15)5-12)4-10(8)17-11(13)16/h2-4H,5H2,1H3. The first-order valence-electron chi connectivity index (χ1n) is 4.80. The fraction of sp³-hybridized carbons (Fsp3) is 0.182. The third-order valence-electron chi connectivity index (χ3n) is 2.34. The molecule has 0 aliphatic carbocycles. The van der Waals surface area contributed by atoms with Crippen molar-refractivity contribution in [2.24, 2.45) is 0 Å². The van der Waals surface area contributed by atoms with Crippen molar-refractivity contribution in [2.45, 2.75) is 6.92 Å². The number of carbonyl (C=O) groups excluding carboxylic acids is 2. The molecule has 1 aromatic carbocycles. The lowest BCUT2D eigenvalue weighted by molar-refractivity contribution is 0.0932. The lowest BCUT2D eigenvalue weighted by atomic mass is 10.1. The Kier molecular flexibility index (Phi) is 2.85. The van der Waals surface area contributed by atoms with Crippen LogP contribution in [-0.4, -0.2) is 22.1 Å². The highest BCUT2D eigenvalue weighted by molar-refractivity contribution is 6.30. The van der Waals surface area contributed by atoms with Crippen molar-refractivity contribution in [1.82, 2.24) is 4.57 Å². The van der Waals surface area contributed by atoms with Crippen LogP contribution in [0.25, 0.3) is 11.1 Å². The largest absolute Gasteiger partial charge is 0.426 e. The monoisotopic (exact) mass is 253 g/mol. The second-order valence-electron chi connectivity index (χ2n) is 3.46. The Morgan fingerprint density at radius 1 is 1.41 bits per heavy atom. The minimum atomic E-state index is -0.761. The van der Waals surface area contributed by atoms with Crippen LogP contribution >= 0.6 is 11.6 Å². The van der Waals surface area contributed by atoms with Gasteiger partial charge in [-0.25, -0.2) is 9.36 Å². The number of benzene rings is 1. The summed E-state index contributed by atoms with van der Waals surface area (Å²) < 4.78 is 5.79. The van der Waals surface area contributed by atoms with E-state index in [2.05, 4.69) is 0 Å². The van der Waals surface area contributed by atoms with E-state index in [1.54, 1.807) is 0 Å². The van der Waals surface area contributed by atoms with Gasteiger partial charge in [0.05, 0.1) is 11.4 Å². The molecular weight excluding hydrogens is 246 g/mol. The van der Waals surface area contributed by atoms with Gasteiger partial charge in [-0.3, -0.25) is 9.59 Å². The highest BCUT2D eigenvalue weighted by atomic mass is 35.5. The molecule has 0 radical (unpaired) electrons. The summed E-state index contributed by atoms with van der Waals surface area (Å²) in [5.74, 6) is -1.62. The molecule has 2 rings (SSSR count). The van der Waals surface area contributed by atoms with Crippen LogP contribution in [0, 0.1) is 0 Å². The molecule has 88 valence electrons. The van der Waals surface area contributed by atoms with Gasteiger partial charge < -0.3 is 4.42 Å². The Morgan fingerprint density at radius 3 is 2.71 bits per heavy atom. The summed E-state index contributed by atoms with van der Waals surface area (Å²) in [7, 11) is 0. The van der Waals surface area contributed by atoms with E-state index in [9.17, 15) is 14.4 Å². The zero-order valence-electron chi connectivity index (χ0n) is 8.90. The maximum Gasteiger partial charge on any atom is 0.426 e. The zero-order valence-corrected chi connectivity index (χ0v) is 9.65. The highest BCUT2D eigenvalue weighted by Crippen LogP contribution is 2.15. The van der Waals surface area contributed by atoms with Gasteiger partial charge in [-0.2, -0.15) is 0 Å². The number of rotatable bonds is 2. The molecule has 0 unspecified atom stereocenters. The highest BCUT2D eigenvalue weighted by Gasteiger charge is 2.14. The second-order valence-corrected chi connectivity index (χ2v) is 3.73. The fourth-order valence-electron chi connectivity index (χ4n) is 1.57. The van der Waals surface area contributed by atoms with Crippen molar-refractivity contribution in [3.8, 4) is 0 Å². The van der Waals surface area contributed by atoms with Gasteiger partial charge in [0.15, 0.2) is 11.4 Å². The minimum absolute atomic E-state index is 0.150. The summed E-state index contributed by atoms with van der Waals surface area (Å²) >= 11 is 5.42. The van der Waals surface area contributed by atoms with Gasteiger partial charge in [-0.05, 0) is 18.2 Å². The van der Waals surface area contributed by atoms with Gasteiger partial charge in [0.1, 0.15) is 0 Å². The summed E-state index contributed by atoms with van der Waals surface area (Å²) in [6, 6.07) is 4.39. The minimum Gasteiger partial charge on any atom is -0.407 e. The third-order valence-corrected chi connectivity index (χ3v) is 2.58. The summed E-state index contributed by atoms with van der Waals surface area (Å²) in [6.45, 7) is 1.26. The van der Waals surface area contributed by atoms with Gasteiger partial charge in [-0.15, -0.1) is 11.6 Å². The van der Waals surface area contributed by atoms with Crippen LogP contribution in [0.15, 0.2) is 27.4 Å². The quantitative estimate of drug-likeness (QED) is 0.603. The maximum absolute atomic E-state index is 11.4. The van der Waals surface area contributed by atoms with E-state index >= 15 is 0 Å². The predicted octanol–water partition coefficient (Wildman–Crippen LogP) is 1.68. The summed E-state index contributed by atoms with van der Waals surface area (Å²) in [4.78, 5) is 34.0. The first-order valence-corrected chi connectivity index (χ1v) is 5.33. The average Bonchev–Trinajstić information content (AvgIpc) is 2.62. The molecule has 0 bridgehead atoms. The smallest absolute Gasteiger partial charge is 0.407 e. The number of nitrogens with zero attached hydrogens (tertiary/aromatic N) is 1. The van der Waals surface area contributed by atoms with Gasteiger partial charge >= 0.3 is 5.76 Å². The normalized spacial score (nSPS) is 10.7. The lowest BCUT2D eigenvalue weighted by Gasteiger charge is -1.97. The number of hydrogen-bond donors (Lipinski definition) is 0. The molecule has 2 aromatic rings. The molecule has 5 nitrogen and oxygen atoms in total. The Bertz CT molecular complexity index is 668. The predicted molar refractivity (Wildman–Crippen MR) is 61.8 cm³/mol. The number of alkyl halides is 1. The number of aromatic nitrogens is 1. The zero-order chi connectivity index (χ0) is 12.6. The maximum atomic E-state index is 11.4. The van der Waals surface area contributed by atoms with Crippen LogP contribution in [0.1, 0.15) is 22.1 Å². The van der Waals surface area contributed by atoms with E-state index in [0.29, 0.717) is 11.1 Å². The lowest BCUT2D eigenvalue weighted by Crippen LogP contribution is -2.19. The second kappa shape index (κ2) is 4.18. The molecule has 1 heterocycles. The molecule has 0 atom stereocenters. The van der Waals surface area contributed by atoms with Crippen LogP contribution in [0.5, 0.6) is 0 Å². The van der Waals surface area contributed by atoms with Crippen LogP contribution < -0.4 is 5.76 Å². The number of carbonyl (C=O) groups is 2. The number of ketones is 1. The number of fused-ring (bicyclic) bond motifs is 1. The molecule has 0 saturated heterocycles. The van der Waals surface area contributed by atoms with Crippen LogP contribution in [0.4, 0.5) is 0 Å². The van der Waals surface area contributed by atoms with Gasteiger partial charge in [0, 0.05) is 12.5 Å². The van der Waals surface area contributed by atoms with Crippen molar-refractivity contribution in [3.63, 3.8) is 0 Å². The Balaban J connectivity index is 2.70. The van der Waals surface area contributed by atoms with E-state index in [4.69, 9.17) is 16.0 Å². The van der Waals surface area contributed by atoms with Crippen molar-refractivity contribution in [2.75, 3.05) is 5.88 Å². The molecule has 0 amide bonds. The molecule has 1 aromatic heterocycles. The van der Waals surface area contributed by atoms with E-state index < -0.39 is 11.7 Å². The Morgan fingerprint density at radius 2 is 2.12 bits per heavy atom. The van der Waals surface area contributed by atoms with Crippen molar-refractivity contribution in [3.05, 3.63) is 34.3 Å². The number of hydrogen-bond acceptors (Lipinski definition) is 4. The topological polar surface area (TPSA) is 69.3 Å². The molecule has 0 N–H and O–H groups in total. The van der Waals surface area contributed by atoms with Crippen LogP contribution in [0.2, 0.25) is 0 Å². The molecule has 17 heavy (non-hydrogen) atoms. The molecule has 6 heteroatoms. The van der Waals surface area contributed by atoms with Gasteiger partial charge in [0.2, 0.25) is 5.91 Å². The average molecular weight is 254 g/mol. The van der Waals surface area contributed by atoms with Crippen LogP contribution in [-0.2, 0) is 0 Å². The summed E-state index contributed by atoms with van der Waals surface area (Å²) in [5.41, 5.74) is 0.881. The molecular formula is C11H8ClNO4. The SMILES string of the molecule is CC(=O)n1c(=O)oc2cc(C(=O)CCl)ccc21. The Labute approximate surface area is 101 Å². The first kappa shape index (κ1) is 11.6. The fourth-order valence-corrected chi connectivity index (χ4v) is 1.72. The molecule has 0 aliphatic rings. The number of oxazole rings is 1.